The van der Waals surface area contributed by atoms with E-state index in [2.05, 4.69) is 30.5 Å². The Kier molecular flexibility index (Phi) is 5.11. The summed E-state index contributed by atoms with van der Waals surface area (Å²) >= 11 is 0. The highest BCUT2D eigenvalue weighted by Crippen LogP contribution is 2.28. The van der Waals surface area contributed by atoms with Crippen molar-refractivity contribution in [3.8, 4) is 11.9 Å². The fourth-order valence-electron chi connectivity index (χ4n) is 3.32. The molecule has 3 aromatic heterocycles. The van der Waals surface area contributed by atoms with Gasteiger partial charge in [-0.3, -0.25) is 9.89 Å². The number of halogens is 2. The first-order valence-electron chi connectivity index (χ1n) is 9.25. The maximum atomic E-state index is 13.6. The molecular weight excluding hydrogens is 422 g/mol. The second-order valence-electron chi connectivity index (χ2n) is 6.75. The second-order valence-corrected chi connectivity index (χ2v) is 6.75. The van der Waals surface area contributed by atoms with Crippen LogP contribution in [0.1, 0.15) is 36.3 Å². The van der Waals surface area contributed by atoms with Gasteiger partial charge in [0, 0.05) is 17.8 Å². The smallest absolute Gasteiger partial charge is 0.267 e. The molecule has 0 amide bonds. The summed E-state index contributed by atoms with van der Waals surface area (Å²) in [6, 6.07) is 6.69. The highest BCUT2D eigenvalue weighted by molar-refractivity contribution is 5.82. The van der Waals surface area contributed by atoms with Crippen molar-refractivity contribution in [3.63, 3.8) is 0 Å². The lowest BCUT2D eigenvalue weighted by Gasteiger charge is -2.20. The zero-order valence-electron chi connectivity index (χ0n) is 16.5. The van der Waals surface area contributed by atoms with Gasteiger partial charge < -0.3 is 16.8 Å². The van der Waals surface area contributed by atoms with Crippen molar-refractivity contribution in [2.24, 2.45) is 0 Å². The third-order valence-corrected chi connectivity index (χ3v) is 4.71. The summed E-state index contributed by atoms with van der Waals surface area (Å²) in [4.78, 5) is 25.6. The molecule has 0 bridgehead atoms. The molecule has 11 nitrogen and oxygen atoms in total. The van der Waals surface area contributed by atoms with Gasteiger partial charge in [0.25, 0.3) is 12.0 Å². The van der Waals surface area contributed by atoms with Crippen molar-refractivity contribution in [3.05, 3.63) is 57.8 Å². The summed E-state index contributed by atoms with van der Waals surface area (Å²) in [7, 11) is 0. The van der Waals surface area contributed by atoms with Gasteiger partial charge in [0.15, 0.2) is 11.6 Å². The zero-order valence-corrected chi connectivity index (χ0v) is 16.5. The van der Waals surface area contributed by atoms with Crippen LogP contribution in [0, 0.1) is 11.3 Å². The lowest BCUT2D eigenvalue weighted by atomic mass is 10.1. The van der Waals surface area contributed by atoms with E-state index in [0.29, 0.717) is 0 Å². The van der Waals surface area contributed by atoms with E-state index in [0.717, 1.165) is 4.57 Å². The van der Waals surface area contributed by atoms with Gasteiger partial charge in [0.05, 0.1) is 16.9 Å². The SMILES string of the molecule is CC(Nc1nc(N)nc(N)c1C#N)c1nc2cccc(C(F)F)c2c(=O)n1-c1cc[nH]n1. The van der Waals surface area contributed by atoms with Crippen molar-refractivity contribution in [2.45, 2.75) is 19.4 Å². The number of nitriles is 1. The zero-order chi connectivity index (χ0) is 23.0. The number of nitrogen functional groups attached to an aromatic ring is 2. The number of alkyl halides is 2. The molecule has 0 aliphatic carbocycles. The number of aromatic nitrogens is 6. The summed E-state index contributed by atoms with van der Waals surface area (Å²) < 4.78 is 28.3. The van der Waals surface area contributed by atoms with Crippen LogP contribution in [-0.4, -0.2) is 29.7 Å². The molecule has 0 radical (unpaired) electrons. The number of nitrogens with zero attached hydrogens (tertiary/aromatic N) is 6. The summed E-state index contributed by atoms with van der Waals surface area (Å²) in [5, 5.41) is 18.7. The molecule has 162 valence electrons. The number of anilines is 3. The molecule has 13 heteroatoms. The molecule has 3 heterocycles. The first-order chi connectivity index (χ1) is 15.3. The average Bonchev–Trinajstić information content (AvgIpc) is 3.27. The van der Waals surface area contributed by atoms with Gasteiger partial charge in [-0.25, -0.2) is 18.3 Å². The Bertz CT molecular complexity index is 1410. The Morgan fingerprint density at radius 3 is 2.66 bits per heavy atom. The van der Waals surface area contributed by atoms with Crippen molar-refractivity contribution in [1.82, 2.24) is 29.7 Å². The highest BCUT2D eigenvalue weighted by Gasteiger charge is 2.24. The molecule has 32 heavy (non-hydrogen) atoms. The van der Waals surface area contributed by atoms with Crippen LogP contribution < -0.4 is 22.3 Å². The van der Waals surface area contributed by atoms with Crippen LogP contribution in [0.4, 0.5) is 26.4 Å². The Balaban J connectivity index is 1.94. The van der Waals surface area contributed by atoms with Crippen LogP contribution in [0.5, 0.6) is 0 Å². The van der Waals surface area contributed by atoms with E-state index >= 15 is 0 Å². The van der Waals surface area contributed by atoms with Gasteiger partial charge in [-0.05, 0) is 13.0 Å². The van der Waals surface area contributed by atoms with Crippen LogP contribution >= 0.6 is 0 Å². The maximum absolute atomic E-state index is 13.6. The molecule has 0 spiro atoms. The van der Waals surface area contributed by atoms with Gasteiger partial charge >= 0.3 is 0 Å². The first-order valence-corrected chi connectivity index (χ1v) is 9.25. The quantitative estimate of drug-likeness (QED) is 0.363. The van der Waals surface area contributed by atoms with Gasteiger partial charge in [-0.1, -0.05) is 12.1 Å². The standard InChI is InChI=1S/C19H16F2N10O/c1-8(26-16-10(7-22)15(23)28-19(24)29-16)17-27-11-4-2-3-9(14(20)21)13(11)18(32)31(17)12-5-6-25-30-12/h2-6,8,14H,1H3,(H,25,30)(H5,23,24,26,28,29). The second kappa shape index (κ2) is 7.91. The molecule has 0 fully saturated rings. The minimum Gasteiger partial charge on any atom is -0.382 e. The van der Waals surface area contributed by atoms with Crippen molar-refractivity contribution in [2.75, 3.05) is 16.8 Å². The van der Waals surface area contributed by atoms with E-state index in [9.17, 15) is 18.8 Å². The summed E-state index contributed by atoms with van der Waals surface area (Å²) in [5.41, 5.74) is 10.3. The predicted octanol–water partition coefficient (Wildman–Crippen LogP) is 2.05. The molecule has 1 atom stereocenters. The predicted molar refractivity (Wildman–Crippen MR) is 112 cm³/mol. The van der Waals surface area contributed by atoms with Crippen molar-refractivity contribution in [1.29, 1.82) is 5.26 Å². The fraction of sp³-hybridized carbons (Fsp3) is 0.158. The van der Waals surface area contributed by atoms with E-state index in [1.165, 1.54) is 30.5 Å². The summed E-state index contributed by atoms with van der Waals surface area (Å²) in [5.74, 6) is 0.0515. The highest BCUT2D eigenvalue weighted by atomic mass is 19.3. The Morgan fingerprint density at radius 2 is 2.00 bits per heavy atom. The molecule has 1 unspecified atom stereocenters. The van der Waals surface area contributed by atoms with Crippen molar-refractivity contribution >= 4 is 28.5 Å². The number of nitrogens with one attached hydrogen (secondary N) is 2. The van der Waals surface area contributed by atoms with Gasteiger partial charge in [-0.15, -0.1) is 0 Å². The van der Waals surface area contributed by atoms with Crippen molar-refractivity contribution < 1.29 is 8.78 Å². The Hall–Kier alpha value is -4.60. The van der Waals surface area contributed by atoms with Crippen LogP contribution in [-0.2, 0) is 0 Å². The molecule has 1 aromatic carbocycles. The first kappa shape index (κ1) is 20.7. The van der Waals surface area contributed by atoms with Gasteiger partial charge in [0.1, 0.15) is 23.3 Å². The number of aromatic amines is 1. The normalized spacial score (nSPS) is 12.1. The third-order valence-electron chi connectivity index (χ3n) is 4.71. The summed E-state index contributed by atoms with van der Waals surface area (Å²) in [6.45, 7) is 1.64. The van der Waals surface area contributed by atoms with Crippen LogP contribution in [0.15, 0.2) is 35.3 Å². The van der Waals surface area contributed by atoms with E-state index in [1.807, 2.05) is 6.07 Å². The summed E-state index contributed by atoms with van der Waals surface area (Å²) in [6.07, 6.45) is -1.39. The monoisotopic (exact) mass is 438 g/mol. The molecule has 0 saturated heterocycles. The van der Waals surface area contributed by atoms with Gasteiger partial charge in [-0.2, -0.15) is 20.3 Å². The number of hydrogen-bond donors (Lipinski definition) is 4. The molecule has 6 N–H and O–H groups in total. The van der Waals surface area contributed by atoms with E-state index in [1.54, 1.807) is 6.92 Å². The largest absolute Gasteiger partial charge is 0.382 e. The van der Waals surface area contributed by atoms with E-state index < -0.39 is 23.6 Å². The molecule has 4 aromatic rings. The number of hydrogen-bond acceptors (Lipinski definition) is 9. The number of rotatable bonds is 5. The molecule has 0 aliphatic rings. The number of nitrogens with two attached hydrogens (primary N) is 2. The molecular formula is C19H16F2N10O. The number of benzene rings is 1. The maximum Gasteiger partial charge on any atom is 0.267 e. The van der Waals surface area contributed by atoms with E-state index in [4.69, 9.17) is 11.5 Å². The molecule has 4 rings (SSSR count). The van der Waals surface area contributed by atoms with Crippen LogP contribution in [0.2, 0.25) is 0 Å². The number of H-pyrrole nitrogens is 1. The minimum atomic E-state index is -2.87. The average molecular weight is 438 g/mol. The Morgan fingerprint density at radius 1 is 1.22 bits per heavy atom. The molecule has 0 aliphatic heterocycles. The van der Waals surface area contributed by atoms with Gasteiger partial charge in [0.2, 0.25) is 5.95 Å². The lowest BCUT2D eigenvalue weighted by molar-refractivity contribution is 0.153. The molecule has 0 saturated carbocycles. The topological polar surface area (TPSA) is 177 Å². The number of fused-ring (bicyclic) bond motifs is 1. The minimum absolute atomic E-state index is 0.0363. The fourth-order valence-corrected chi connectivity index (χ4v) is 3.32. The Labute approximate surface area is 178 Å². The lowest BCUT2D eigenvalue weighted by Crippen LogP contribution is -2.28. The van der Waals surface area contributed by atoms with E-state index in [-0.39, 0.29) is 45.7 Å². The third kappa shape index (κ3) is 3.43. The van der Waals surface area contributed by atoms with Crippen LogP contribution in [0.25, 0.3) is 16.7 Å². The van der Waals surface area contributed by atoms with Crippen LogP contribution in [0.3, 0.4) is 0 Å².